The Bertz CT molecular complexity index is 1070. The van der Waals surface area contributed by atoms with Crippen molar-refractivity contribution in [3.63, 3.8) is 0 Å². The third-order valence-corrected chi connectivity index (χ3v) is 8.50. The van der Waals surface area contributed by atoms with Gasteiger partial charge in [-0.05, 0) is 67.6 Å². The first kappa shape index (κ1) is 24.2. The molecule has 1 atom stereocenters. The molecule has 33 heavy (non-hydrogen) atoms. The van der Waals surface area contributed by atoms with Crippen molar-refractivity contribution in [2.24, 2.45) is 5.92 Å². The molecule has 0 spiro atoms. The minimum absolute atomic E-state index is 0.0809. The van der Waals surface area contributed by atoms with E-state index in [4.69, 9.17) is 11.6 Å². The molecule has 2 fully saturated rings. The van der Waals surface area contributed by atoms with E-state index < -0.39 is 10.0 Å². The molecule has 0 aliphatic carbocycles. The van der Waals surface area contributed by atoms with E-state index in [1.165, 1.54) is 22.7 Å². The molecular weight excluding hydrogens is 458 g/mol. The Balaban J connectivity index is 1.31. The molecule has 2 aromatic carbocycles. The second-order valence-corrected chi connectivity index (χ2v) is 11.5. The van der Waals surface area contributed by atoms with Crippen LogP contribution < -0.4 is 5.32 Å². The van der Waals surface area contributed by atoms with Gasteiger partial charge in [-0.25, -0.2) is 12.7 Å². The van der Waals surface area contributed by atoms with E-state index in [2.05, 4.69) is 22.3 Å². The van der Waals surface area contributed by atoms with Crippen LogP contribution in [0.3, 0.4) is 0 Å². The second kappa shape index (κ2) is 11.0. The summed E-state index contributed by atoms with van der Waals surface area (Å²) >= 11 is 6.00. The highest BCUT2D eigenvalue weighted by Crippen LogP contribution is 2.23. The lowest BCUT2D eigenvalue weighted by Gasteiger charge is -2.31. The minimum Gasteiger partial charge on any atom is -0.352 e. The van der Waals surface area contributed by atoms with Crippen LogP contribution in [0, 0.1) is 5.92 Å². The van der Waals surface area contributed by atoms with Crippen molar-refractivity contribution in [2.75, 3.05) is 26.2 Å². The van der Waals surface area contributed by atoms with E-state index >= 15 is 0 Å². The number of hydrogen-bond acceptors (Lipinski definition) is 4. The molecule has 1 amide bonds. The predicted molar refractivity (Wildman–Crippen MR) is 131 cm³/mol. The van der Waals surface area contributed by atoms with Gasteiger partial charge in [-0.2, -0.15) is 0 Å². The zero-order chi connectivity index (χ0) is 23.3. The average molecular weight is 490 g/mol. The van der Waals surface area contributed by atoms with Crippen LogP contribution in [0.25, 0.3) is 0 Å². The summed E-state index contributed by atoms with van der Waals surface area (Å²) in [6.45, 7) is 4.38. The number of halogens is 1. The molecule has 8 heteroatoms. The van der Waals surface area contributed by atoms with Gasteiger partial charge in [0.1, 0.15) is 0 Å². The summed E-state index contributed by atoms with van der Waals surface area (Å²) in [6.07, 6.45) is 3.91. The van der Waals surface area contributed by atoms with Gasteiger partial charge in [0.15, 0.2) is 0 Å². The molecule has 2 heterocycles. The van der Waals surface area contributed by atoms with Crippen molar-refractivity contribution in [3.8, 4) is 0 Å². The fourth-order valence-electron chi connectivity index (χ4n) is 4.71. The van der Waals surface area contributed by atoms with Crippen molar-refractivity contribution in [1.82, 2.24) is 14.5 Å². The predicted octanol–water partition coefficient (Wildman–Crippen LogP) is 3.79. The number of benzene rings is 2. The smallest absolute Gasteiger partial charge is 0.224 e. The standard InChI is InChI=1S/C25H32ClN3O3S/c26-24-10-4-8-22(15-24)19-33(31,32)29-13-5-9-23(18-29)25(30)27-16-20-6-3-7-21(14-20)17-28-11-1-2-12-28/h3-4,6-8,10,14-15,23H,1-2,5,9,11-13,16-19H2,(H,27,30). The number of nitrogens with one attached hydrogen (secondary N) is 1. The number of piperidine rings is 1. The summed E-state index contributed by atoms with van der Waals surface area (Å²) in [5.41, 5.74) is 2.99. The first-order valence-electron chi connectivity index (χ1n) is 11.7. The van der Waals surface area contributed by atoms with Crippen LogP contribution >= 0.6 is 11.6 Å². The molecule has 4 rings (SSSR count). The van der Waals surface area contributed by atoms with E-state index in [-0.39, 0.29) is 24.1 Å². The van der Waals surface area contributed by atoms with Gasteiger partial charge in [-0.1, -0.05) is 48.0 Å². The fraction of sp³-hybridized carbons (Fsp3) is 0.480. The van der Waals surface area contributed by atoms with Gasteiger partial charge in [0, 0.05) is 31.2 Å². The Morgan fingerprint density at radius 1 is 0.970 bits per heavy atom. The SMILES string of the molecule is O=C(NCc1cccc(CN2CCCC2)c1)C1CCCN(S(=O)(=O)Cc2cccc(Cl)c2)C1. The molecule has 2 saturated heterocycles. The zero-order valence-corrected chi connectivity index (χ0v) is 20.5. The van der Waals surface area contributed by atoms with Gasteiger partial charge in [0.2, 0.25) is 15.9 Å². The van der Waals surface area contributed by atoms with Crippen molar-refractivity contribution in [2.45, 2.75) is 44.5 Å². The molecule has 0 radical (unpaired) electrons. The third kappa shape index (κ3) is 6.79. The van der Waals surface area contributed by atoms with Crippen molar-refractivity contribution < 1.29 is 13.2 Å². The Morgan fingerprint density at radius 3 is 2.48 bits per heavy atom. The number of amides is 1. The van der Waals surface area contributed by atoms with Crippen LogP contribution in [0.1, 0.15) is 42.4 Å². The molecule has 1 unspecified atom stereocenters. The molecule has 1 N–H and O–H groups in total. The molecule has 178 valence electrons. The van der Waals surface area contributed by atoms with Gasteiger partial charge in [0.25, 0.3) is 0 Å². The summed E-state index contributed by atoms with van der Waals surface area (Å²) < 4.78 is 27.3. The van der Waals surface area contributed by atoms with Gasteiger partial charge in [0.05, 0.1) is 11.7 Å². The maximum absolute atomic E-state index is 12.9. The molecule has 6 nitrogen and oxygen atoms in total. The molecule has 2 aliphatic rings. The quantitative estimate of drug-likeness (QED) is 0.612. The number of hydrogen-bond donors (Lipinski definition) is 1. The normalized spacial score (nSPS) is 20.1. The van der Waals surface area contributed by atoms with E-state index in [9.17, 15) is 13.2 Å². The van der Waals surface area contributed by atoms with Crippen molar-refractivity contribution >= 4 is 27.5 Å². The monoisotopic (exact) mass is 489 g/mol. The summed E-state index contributed by atoms with van der Waals surface area (Å²) in [5.74, 6) is -0.519. The Hall–Kier alpha value is -1.93. The van der Waals surface area contributed by atoms with E-state index in [0.29, 0.717) is 36.5 Å². The molecular formula is C25H32ClN3O3S. The van der Waals surface area contributed by atoms with E-state index in [1.54, 1.807) is 24.3 Å². The average Bonchev–Trinajstić information content (AvgIpc) is 3.30. The molecule has 2 aromatic rings. The summed E-state index contributed by atoms with van der Waals surface area (Å²) in [6, 6.07) is 15.3. The Labute approximate surface area is 202 Å². The maximum Gasteiger partial charge on any atom is 0.224 e. The number of nitrogens with zero attached hydrogens (tertiary/aromatic N) is 2. The highest BCUT2D eigenvalue weighted by atomic mass is 35.5. The number of sulfonamides is 1. The van der Waals surface area contributed by atoms with Crippen LogP contribution in [0.15, 0.2) is 48.5 Å². The molecule has 2 aliphatic heterocycles. The number of rotatable bonds is 8. The van der Waals surface area contributed by atoms with Crippen LogP contribution in [-0.2, 0) is 33.7 Å². The maximum atomic E-state index is 12.9. The third-order valence-electron chi connectivity index (χ3n) is 6.45. The van der Waals surface area contributed by atoms with Crippen molar-refractivity contribution in [3.05, 3.63) is 70.2 Å². The van der Waals surface area contributed by atoms with Crippen LogP contribution in [0.2, 0.25) is 5.02 Å². The Kier molecular flexibility index (Phi) is 8.07. The first-order chi connectivity index (χ1) is 15.9. The van der Waals surface area contributed by atoms with Crippen LogP contribution in [-0.4, -0.2) is 49.7 Å². The van der Waals surface area contributed by atoms with Crippen molar-refractivity contribution in [1.29, 1.82) is 0 Å². The lowest BCUT2D eigenvalue weighted by molar-refractivity contribution is -0.126. The number of carbonyl (C=O) groups excluding carboxylic acids is 1. The first-order valence-corrected chi connectivity index (χ1v) is 13.7. The molecule has 0 bridgehead atoms. The summed E-state index contributed by atoms with van der Waals surface area (Å²) in [4.78, 5) is 15.3. The highest BCUT2D eigenvalue weighted by molar-refractivity contribution is 7.88. The van der Waals surface area contributed by atoms with Crippen LogP contribution in [0.4, 0.5) is 0 Å². The second-order valence-electron chi connectivity index (χ2n) is 9.10. The Morgan fingerprint density at radius 2 is 1.70 bits per heavy atom. The summed E-state index contributed by atoms with van der Waals surface area (Å²) in [5, 5.41) is 3.54. The summed E-state index contributed by atoms with van der Waals surface area (Å²) in [7, 11) is -3.51. The number of carbonyl (C=O) groups is 1. The van der Waals surface area contributed by atoms with Gasteiger partial charge in [-0.15, -0.1) is 0 Å². The number of likely N-dealkylation sites (tertiary alicyclic amines) is 1. The topological polar surface area (TPSA) is 69.7 Å². The van der Waals surface area contributed by atoms with Crippen LogP contribution in [0.5, 0.6) is 0 Å². The van der Waals surface area contributed by atoms with Gasteiger partial charge in [-0.3, -0.25) is 9.69 Å². The lowest BCUT2D eigenvalue weighted by Crippen LogP contribution is -2.45. The minimum atomic E-state index is -3.51. The van der Waals surface area contributed by atoms with Gasteiger partial charge < -0.3 is 5.32 Å². The van der Waals surface area contributed by atoms with Gasteiger partial charge >= 0.3 is 0 Å². The van der Waals surface area contributed by atoms with E-state index in [0.717, 1.165) is 25.2 Å². The molecule has 0 saturated carbocycles. The largest absolute Gasteiger partial charge is 0.352 e. The lowest BCUT2D eigenvalue weighted by atomic mass is 9.98. The van der Waals surface area contributed by atoms with E-state index in [1.807, 2.05) is 12.1 Å². The molecule has 0 aromatic heterocycles. The zero-order valence-electron chi connectivity index (χ0n) is 18.9. The highest BCUT2D eigenvalue weighted by Gasteiger charge is 2.32. The fourth-order valence-corrected chi connectivity index (χ4v) is 6.52.